The van der Waals surface area contributed by atoms with E-state index in [0.717, 1.165) is 22.7 Å². The summed E-state index contributed by atoms with van der Waals surface area (Å²) in [6, 6.07) is 16.4. The Morgan fingerprint density at radius 2 is 1.71 bits per heavy atom. The second kappa shape index (κ2) is 6.04. The molecular weight excluding hydrogens is 258 g/mol. The highest BCUT2D eigenvalue weighted by Gasteiger charge is 2.13. The number of ether oxygens (including phenoxy) is 1. The van der Waals surface area contributed by atoms with Gasteiger partial charge in [-0.15, -0.1) is 0 Å². The van der Waals surface area contributed by atoms with E-state index in [4.69, 9.17) is 4.74 Å². The smallest absolute Gasteiger partial charge is 0.120 e. The van der Waals surface area contributed by atoms with E-state index < -0.39 is 0 Å². The summed E-state index contributed by atoms with van der Waals surface area (Å²) in [5.41, 5.74) is 4.43. The monoisotopic (exact) mass is 281 g/mol. The van der Waals surface area contributed by atoms with Gasteiger partial charge in [0.1, 0.15) is 5.75 Å². The topological polar surface area (TPSA) is 21.3 Å². The van der Waals surface area contributed by atoms with Crippen LogP contribution in [0.4, 0.5) is 5.69 Å². The van der Waals surface area contributed by atoms with Crippen molar-refractivity contribution in [3.63, 3.8) is 0 Å². The Labute approximate surface area is 127 Å². The largest absolute Gasteiger partial charge is 0.497 e. The van der Waals surface area contributed by atoms with E-state index in [1.54, 1.807) is 7.11 Å². The molecule has 0 unspecified atom stereocenters. The molecule has 0 amide bonds. The van der Waals surface area contributed by atoms with Gasteiger partial charge in [0.25, 0.3) is 0 Å². The third kappa shape index (κ3) is 3.88. The zero-order valence-corrected chi connectivity index (χ0v) is 13.2. The highest BCUT2D eigenvalue weighted by atomic mass is 16.5. The first-order chi connectivity index (χ1) is 9.90. The Morgan fingerprint density at radius 1 is 1.05 bits per heavy atom. The van der Waals surface area contributed by atoms with E-state index in [9.17, 15) is 0 Å². The standard InChI is InChI=1S/C19H23NO/c1-14(20-17-7-6-8-18(13-17)21-5)15-9-11-16(12-10-15)19(2,3)4/h6-13,20H,1H2,2-5H3. The van der Waals surface area contributed by atoms with Crippen LogP contribution in [0.15, 0.2) is 55.1 Å². The predicted molar refractivity (Wildman–Crippen MR) is 90.8 cm³/mol. The van der Waals surface area contributed by atoms with Gasteiger partial charge in [-0.25, -0.2) is 0 Å². The molecule has 0 aliphatic heterocycles. The van der Waals surface area contributed by atoms with Gasteiger partial charge in [-0.1, -0.05) is 57.7 Å². The Balaban J connectivity index is 2.13. The summed E-state index contributed by atoms with van der Waals surface area (Å²) in [5, 5.41) is 3.32. The van der Waals surface area contributed by atoms with Crippen molar-refractivity contribution >= 4 is 11.4 Å². The van der Waals surface area contributed by atoms with Crippen LogP contribution in [0.1, 0.15) is 31.9 Å². The normalized spacial score (nSPS) is 11.0. The van der Waals surface area contributed by atoms with Crippen molar-refractivity contribution < 1.29 is 4.74 Å². The molecule has 0 bridgehead atoms. The van der Waals surface area contributed by atoms with Crippen molar-refractivity contribution in [1.29, 1.82) is 0 Å². The molecule has 2 aromatic rings. The van der Waals surface area contributed by atoms with Gasteiger partial charge in [-0.05, 0) is 28.7 Å². The van der Waals surface area contributed by atoms with Crippen LogP contribution in [0.3, 0.4) is 0 Å². The average Bonchev–Trinajstić information content (AvgIpc) is 2.46. The van der Waals surface area contributed by atoms with Crippen molar-refractivity contribution in [3.8, 4) is 5.75 Å². The van der Waals surface area contributed by atoms with Gasteiger partial charge in [0, 0.05) is 17.5 Å². The van der Waals surface area contributed by atoms with Crippen LogP contribution in [0.25, 0.3) is 5.70 Å². The SMILES string of the molecule is C=C(Nc1cccc(OC)c1)c1ccc(C(C)(C)C)cc1. The Bertz CT molecular complexity index is 621. The first-order valence-electron chi connectivity index (χ1n) is 7.11. The molecule has 0 fully saturated rings. The molecule has 2 aromatic carbocycles. The molecule has 0 aromatic heterocycles. The van der Waals surface area contributed by atoms with Crippen molar-refractivity contribution in [2.24, 2.45) is 0 Å². The molecule has 1 N–H and O–H groups in total. The van der Waals surface area contributed by atoms with Crippen molar-refractivity contribution in [1.82, 2.24) is 0 Å². The van der Waals surface area contributed by atoms with Crippen LogP contribution in [-0.2, 0) is 5.41 Å². The molecular formula is C19H23NO. The highest BCUT2D eigenvalue weighted by molar-refractivity contribution is 5.75. The highest BCUT2D eigenvalue weighted by Crippen LogP contribution is 2.25. The summed E-state index contributed by atoms with van der Waals surface area (Å²) in [5.74, 6) is 0.830. The van der Waals surface area contributed by atoms with Gasteiger partial charge in [0.2, 0.25) is 0 Å². The minimum Gasteiger partial charge on any atom is -0.497 e. The summed E-state index contributed by atoms with van der Waals surface area (Å²) < 4.78 is 5.23. The van der Waals surface area contributed by atoms with Gasteiger partial charge < -0.3 is 10.1 Å². The quantitative estimate of drug-likeness (QED) is 0.844. The number of hydrogen-bond acceptors (Lipinski definition) is 2. The fourth-order valence-electron chi connectivity index (χ4n) is 2.12. The van der Waals surface area contributed by atoms with Crippen LogP contribution in [0.5, 0.6) is 5.75 Å². The van der Waals surface area contributed by atoms with Gasteiger partial charge in [-0.3, -0.25) is 0 Å². The number of hydrogen-bond donors (Lipinski definition) is 1. The maximum Gasteiger partial charge on any atom is 0.120 e. The van der Waals surface area contributed by atoms with Crippen molar-refractivity contribution in [3.05, 3.63) is 66.2 Å². The van der Waals surface area contributed by atoms with Gasteiger partial charge in [-0.2, -0.15) is 0 Å². The number of benzene rings is 2. The number of anilines is 1. The minimum absolute atomic E-state index is 0.167. The Hall–Kier alpha value is -2.22. The lowest BCUT2D eigenvalue weighted by atomic mass is 9.86. The Morgan fingerprint density at radius 3 is 2.29 bits per heavy atom. The average molecular weight is 281 g/mol. The van der Waals surface area contributed by atoms with E-state index in [1.165, 1.54) is 5.56 Å². The first-order valence-corrected chi connectivity index (χ1v) is 7.11. The van der Waals surface area contributed by atoms with Gasteiger partial charge >= 0.3 is 0 Å². The first kappa shape index (κ1) is 15.2. The van der Waals surface area contributed by atoms with Crippen LogP contribution >= 0.6 is 0 Å². The zero-order chi connectivity index (χ0) is 15.5. The van der Waals surface area contributed by atoms with Crippen molar-refractivity contribution in [2.45, 2.75) is 26.2 Å². The molecule has 21 heavy (non-hydrogen) atoms. The molecule has 0 saturated heterocycles. The van der Waals surface area contributed by atoms with E-state index in [1.807, 2.05) is 24.3 Å². The molecule has 0 aliphatic rings. The molecule has 0 spiro atoms. The maximum atomic E-state index is 5.23. The molecule has 0 heterocycles. The zero-order valence-electron chi connectivity index (χ0n) is 13.2. The molecule has 0 aliphatic carbocycles. The number of methoxy groups -OCH3 is 1. The summed E-state index contributed by atoms with van der Waals surface area (Å²) in [7, 11) is 1.67. The second-order valence-corrected chi connectivity index (χ2v) is 6.16. The second-order valence-electron chi connectivity index (χ2n) is 6.16. The fraction of sp³-hybridized carbons (Fsp3) is 0.263. The molecule has 110 valence electrons. The van der Waals surface area contributed by atoms with Gasteiger partial charge in [0.05, 0.1) is 7.11 Å². The third-order valence-electron chi connectivity index (χ3n) is 3.46. The molecule has 0 atom stereocenters. The van der Waals surface area contributed by atoms with Crippen molar-refractivity contribution in [2.75, 3.05) is 12.4 Å². The Kier molecular flexibility index (Phi) is 4.37. The molecule has 2 heteroatoms. The van der Waals surface area contributed by atoms with Crippen LogP contribution in [-0.4, -0.2) is 7.11 Å². The molecule has 2 rings (SSSR count). The maximum absolute atomic E-state index is 5.23. The van der Waals surface area contributed by atoms with E-state index in [-0.39, 0.29) is 5.41 Å². The summed E-state index contributed by atoms with van der Waals surface area (Å²) in [6.45, 7) is 10.8. The molecule has 0 saturated carbocycles. The molecule has 2 nitrogen and oxygen atoms in total. The summed E-state index contributed by atoms with van der Waals surface area (Å²) >= 11 is 0. The lowest BCUT2D eigenvalue weighted by molar-refractivity contribution is 0.415. The van der Waals surface area contributed by atoms with E-state index in [2.05, 4.69) is 56.9 Å². The lowest BCUT2D eigenvalue weighted by Gasteiger charge is -2.19. The number of nitrogens with one attached hydrogen (secondary N) is 1. The number of rotatable bonds is 4. The summed E-state index contributed by atoms with van der Waals surface area (Å²) in [4.78, 5) is 0. The van der Waals surface area contributed by atoms with Crippen LogP contribution < -0.4 is 10.1 Å². The van der Waals surface area contributed by atoms with Crippen LogP contribution in [0, 0.1) is 0 Å². The van der Waals surface area contributed by atoms with E-state index >= 15 is 0 Å². The van der Waals surface area contributed by atoms with E-state index in [0.29, 0.717) is 0 Å². The fourth-order valence-corrected chi connectivity index (χ4v) is 2.12. The van der Waals surface area contributed by atoms with Crippen LogP contribution in [0.2, 0.25) is 0 Å². The predicted octanol–water partition coefficient (Wildman–Crippen LogP) is 5.08. The lowest BCUT2D eigenvalue weighted by Crippen LogP contribution is -2.10. The van der Waals surface area contributed by atoms with Gasteiger partial charge in [0.15, 0.2) is 0 Å². The molecule has 0 radical (unpaired) electrons. The third-order valence-corrected chi connectivity index (χ3v) is 3.46. The minimum atomic E-state index is 0.167. The summed E-state index contributed by atoms with van der Waals surface area (Å²) in [6.07, 6.45) is 0.